The number of methoxy groups -OCH3 is 2. The molecule has 0 atom stereocenters. The number of nitrogens with zero attached hydrogens (tertiary/aromatic N) is 6. The zero-order chi connectivity index (χ0) is 56.1. The summed E-state index contributed by atoms with van der Waals surface area (Å²) in [5.41, 5.74) is 4.28. The van der Waals surface area contributed by atoms with E-state index in [1.54, 1.807) is 63.0 Å². The summed E-state index contributed by atoms with van der Waals surface area (Å²) in [6.07, 6.45) is 10.8. The van der Waals surface area contributed by atoms with E-state index in [9.17, 15) is 19.5 Å². The van der Waals surface area contributed by atoms with Gasteiger partial charge in [-0.3, -0.25) is 14.0 Å². The monoisotopic (exact) mass is 1210 g/mol. The van der Waals surface area contributed by atoms with Crippen molar-refractivity contribution < 1.29 is 52.5 Å². The van der Waals surface area contributed by atoms with Crippen LogP contribution in [-0.4, -0.2) is 105 Å². The average Bonchev–Trinajstić information content (AvgIpc) is 4.14. The largest absolute Gasteiger partial charge is 0.498 e. The Morgan fingerprint density at radius 2 is 0.960 bits per heavy atom. The van der Waals surface area contributed by atoms with Crippen molar-refractivity contribution in [3.05, 3.63) is 109 Å². The molecule has 406 valence electrons. The number of benzene rings is 3. The molecule has 4 heterocycles. The van der Waals surface area contributed by atoms with Gasteiger partial charge in [0.2, 0.25) is 0 Å². The normalized spacial score (nSPS) is 13.3. The van der Waals surface area contributed by atoms with Crippen LogP contribution in [0.1, 0.15) is 100 Å². The van der Waals surface area contributed by atoms with E-state index in [-0.39, 0.29) is 39.5 Å². The molecule has 22 heteroatoms. The van der Waals surface area contributed by atoms with Crippen molar-refractivity contribution in [1.82, 2.24) is 29.3 Å². The predicted octanol–water partition coefficient (Wildman–Crippen LogP) is 11.5. The summed E-state index contributed by atoms with van der Waals surface area (Å²) in [5.74, 6) is 0.415. The fourth-order valence-corrected chi connectivity index (χ4v) is 8.28. The summed E-state index contributed by atoms with van der Waals surface area (Å²) >= 11 is 20.9. The highest BCUT2D eigenvalue weighted by Gasteiger charge is 2.52. The molecule has 0 amide bonds. The summed E-state index contributed by atoms with van der Waals surface area (Å²) in [6.45, 7) is 21.9. The first-order chi connectivity index (χ1) is 35.1. The van der Waals surface area contributed by atoms with Crippen LogP contribution in [0.4, 0.5) is 0 Å². The number of carboxylic acid groups (broad SMARTS) is 1. The molecule has 0 saturated carbocycles. The Hall–Kier alpha value is -5.32. The van der Waals surface area contributed by atoms with Gasteiger partial charge in [0.15, 0.2) is 5.75 Å². The lowest BCUT2D eigenvalue weighted by Crippen LogP contribution is -2.41. The van der Waals surface area contributed by atoms with E-state index in [2.05, 4.69) is 42.6 Å². The van der Waals surface area contributed by atoms with E-state index in [1.165, 1.54) is 20.3 Å². The van der Waals surface area contributed by atoms with Crippen LogP contribution in [-0.2, 0) is 39.9 Å². The maximum absolute atomic E-state index is 11.8. The molecule has 3 aromatic carbocycles. The molecular formula is C53H67BCl3IN6O11. The fraction of sp³-hybridized carbons (Fsp3) is 0.434. The second-order valence-electron chi connectivity index (χ2n) is 19.6. The predicted molar refractivity (Wildman–Crippen MR) is 301 cm³/mol. The third-order valence-electron chi connectivity index (χ3n) is 11.2. The number of hydrogen-bond acceptors (Lipinski definition) is 13. The number of ether oxygens (including phenoxy) is 5. The van der Waals surface area contributed by atoms with Crippen LogP contribution in [0.5, 0.6) is 17.2 Å². The minimum Gasteiger partial charge on any atom is -0.491 e. The molecule has 0 aliphatic carbocycles. The molecule has 0 bridgehead atoms. The van der Waals surface area contributed by atoms with Crippen LogP contribution in [0, 0.1) is 21.3 Å². The van der Waals surface area contributed by atoms with Crippen molar-refractivity contribution in [1.29, 1.82) is 0 Å². The Labute approximate surface area is 468 Å². The van der Waals surface area contributed by atoms with Crippen LogP contribution in [0.3, 0.4) is 0 Å². The van der Waals surface area contributed by atoms with E-state index in [0.29, 0.717) is 65.4 Å². The maximum Gasteiger partial charge on any atom is 0.498 e. The number of rotatable bonds is 15. The summed E-state index contributed by atoms with van der Waals surface area (Å²) in [7, 11) is 7.87. The summed E-state index contributed by atoms with van der Waals surface area (Å²) < 4.78 is 44.4. The first kappa shape index (κ1) is 62.2. The zero-order valence-corrected chi connectivity index (χ0v) is 49.5. The van der Waals surface area contributed by atoms with Gasteiger partial charge in [0.1, 0.15) is 11.5 Å². The van der Waals surface area contributed by atoms with Gasteiger partial charge in [0.05, 0.1) is 93.0 Å². The minimum atomic E-state index is -1.08. The number of carbonyl (C=O) groups is 3. The van der Waals surface area contributed by atoms with E-state index in [1.807, 2.05) is 109 Å². The lowest BCUT2D eigenvalue weighted by molar-refractivity contribution is 0.00578. The number of carbonyl (C=O) groups excluding carboxylic acids is 2. The minimum absolute atomic E-state index is 0.0306. The number of halogens is 4. The summed E-state index contributed by atoms with van der Waals surface area (Å²) in [6, 6.07) is 10.0. The second-order valence-corrected chi connectivity index (χ2v) is 21.9. The standard InChI is InChI=1S/C16H19ClN2O3.C15H17ClN2O3.C12H14ClIO3.C10H17BN2O2/c1-10(2)9-22-15-12(11-7-18-19(3)8-11)5-6-13(14(15)17)16(20)21-4;1-9(2)8-21-14-11(10-6-17-18(3)7-10)4-5-12(13(14)16)15(19)20;1-7(2)6-17-11-9(14)5-4-8(10(11)13)12(15)16-3;1-9(2)10(3,4)15-11(14-9)8-6-12-13(5)7-8/h5-8,10H,9H2,1-4H3;4-7,9H,8H2,1-3H3,(H,19,20);4-5,7H,6H2,1-3H3;6-7H,1-5H3. The molecule has 0 spiro atoms. The van der Waals surface area contributed by atoms with Gasteiger partial charge in [-0.2, -0.15) is 15.3 Å². The number of hydrogen-bond donors (Lipinski definition) is 1. The van der Waals surface area contributed by atoms with Crippen LogP contribution < -0.4 is 19.7 Å². The third-order valence-corrected chi connectivity index (χ3v) is 13.2. The van der Waals surface area contributed by atoms with Gasteiger partial charge >= 0.3 is 25.0 Å². The Morgan fingerprint density at radius 3 is 1.32 bits per heavy atom. The van der Waals surface area contributed by atoms with Crippen molar-refractivity contribution in [2.45, 2.75) is 80.4 Å². The fourth-order valence-electron chi connectivity index (χ4n) is 6.63. The molecular weight excluding hydrogens is 1140 g/mol. The highest BCUT2D eigenvalue weighted by molar-refractivity contribution is 14.1. The molecule has 0 radical (unpaired) electrons. The molecule has 1 saturated heterocycles. The molecule has 1 fully saturated rings. The van der Waals surface area contributed by atoms with Crippen LogP contribution >= 0.6 is 57.4 Å². The number of aromatic carboxylic acids is 1. The van der Waals surface area contributed by atoms with Crippen molar-refractivity contribution in [2.75, 3.05) is 34.0 Å². The van der Waals surface area contributed by atoms with Crippen molar-refractivity contribution in [3.8, 4) is 39.5 Å². The second kappa shape index (κ2) is 27.6. The van der Waals surface area contributed by atoms with Crippen LogP contribution in [0.15, 0.2) is 73.6 Å². The molecule has 0 unspecified atom stereocenters. The van der Waals surface area contributed by atoms with Gasteiger partial charge in [0, 0.05) is 73.6 Å². The van der Waals surface area contributed by atoms with Gasteiger partial charge < -0.3 is 38.1 Å². The van der Waals surface area contributed by atoms with Gasteiger partial charge in [0.25, 0.3) is 0 Å². The highest BCUT2D eigenvalue weighted by Crippen LogP contribution is 2.41. The van der Waals surface area contributed by atoms with Crippen molar-refractivity contribution in [2.24, 2.45) is 38.9 Å². The van der Waals surface area contributed by atoms with Gasteiger partial charge in [-0.25, -0.2) is 14.4 Å². The summed E-state index contributed by atoms with van der Waals surface area (Å²) in [4.78, 5) is 34.5. The quantitative estimate of drug-likeness (QED) is 0.0580. The van der Waals surface area contributed by atoms with E-state index >= 15 is 0 Å². The molecule has 3 aromatic heterocycles. The zero-order valence-electron chi connectivity index (χ0n) is 45.1. The number of aryl methyl sites for hydroxylation is 3. The Kier molecular flexibility index (Phi) is 22.9. The van der Waals surface area contributed by atoms with Gasteiger partial charge in [-0.1, -0.05) is 76.3 Å². The molecule has 75 heavy (non-hydrogen) atoms. The average molecular weight is 1210 g/mol. The molecule has 17 nitrogen and oxygen atoms in total. The first-order valence-corrected chi connectivity index (χ1v) is 26.1. The SMILES string of the molecule is CC(C)COc1c(-c2cnn(C)c2)ccc(C(=O)O)c1Cl.COC(=O)c1ccc(-c2cnn(C)c2)c(OCC(C)C)c1Cl.COC(=O)c1ccc(I)c(OCC(C)C)c1Cl.Cn1cc(B2OC(C)(C)C(C)(C)O2)cn1. The molecule has 1 N–H and O–H groups in total. The molecule has 7 rings (SSSR count). The van der Waals surface area contributed by atoms with Crippen LogP contribution in [0.2, 0.25) is 15.1 Å². The van der Waals surface area contributed by atoms with E-state index in [4.69, 9.17) is 63.1 Å². The lowest BCUT2D eigenvalue weighted by atomic mass is 9.82. The van der Waals surface area contributed by atoms with E-state index < -0.39 is 17.9 Å². The Bertz CT molecular complexity index is 2890. The smallest absolute Gasteiger partial charge is 0.491 e. The topological polar surface area (TPSA) is 190 Å². The first-order valence-electron chi connectivity index (χ1n) is 23.9. The molecule has 1 aliphatic heterocycles. The van der Waals surface area contributed by atoms with Crippen molar-refractivity contribution in [3.63, 3.8) is 0 Å². The lowest BCUT2D eigenvalue weighted by Gasteiger charge is -2.32. The molecule has 1 aliphatic rings. The van der Waals surface area contributed by atoms with E-state index in [0.717, 1.165) is 31.3 Å². The Balaban J connectivity index is 0.000000219. The van der Waals surface area contributed by atoms with Crippen molar-refractivity contribution >= 4 is 87.9 Å². The van der Waals surface area contributed by atoms with Crippen LogP contribution in [0.25, 0.3) is 22.3 Å². The highest BCUT2D eigenvalue weighted by atomic mass is 127. The maximum atomic E-state index is 11.8. The Morgan fingerprint density at radius 1 is 0.600 bits per heavy atom. The molecule has 6 aromatic rings. The van der Waals surface area contributed by atoms with Gasteiger partial charge in [-0.05, 0) is 104 Å². The number of carboxylic acids is 1. The number of aromatic nitrogens is 6. The number of esters is 2. The summed E-state index contributed by atoms with van der Waals surface area (Å²) in [5, 5.41) is 22.3. The third kappa shape index (κ3) is 16.8. The van der Waals surface area contributed by atoms with Gasteiger partial charge in [-0.15, -0.1) is 0 Å².